The maximum Gasteiger partial charge on any atom is 0.306 e. The number of allylic oxidation sites excluding steroid dienone is 12. The first-order chi connectivity index (χ1) is 36.0. The number of phosphoric acid groups is 1. The summed E-state index contributed by atoms with van der Waals surface area (Å²) in [4.78, 5) is 37.9. The third-order valence-electron chi connectivity index (χ3n) is 13.2. The van der Waals surface area contributed by atoms with Gasteiger partial charge >= 0.3 is 11.9 Å². The van der Waals surface area contributed by atoms with Crippen LogP contribution in [-0.2, 0) is 32.7 Å². The van der Waals surface area contributed by atoms with E-state index in [1.165, 1.54) is 167 Å². The van der Waals surface area contributed by atoms with Gasteiger partial charge in [-0.2, -0.15) is 0 Å². The quantitative estimate of drug-likeness (QED) is 0.0195. The molecule has 0 saturated carbocycles. The highest BCUT2D eigenvalue weighted by molar-refractivity contribution is 7.45. The highest BCUT2D eigenvalue weighted by atomic mass is 31.2. The summed E-state index contributed by atoms with van der Waals surface area (Å²) in [6, 6.07) is 0. The van der Waals surface area contributed by atoms with Crippen molar-refractivity contribution in [2.75, 3.05) is 47.5 Å². The predicted molar refractivity (Wildman–Crippen MR) is 314 cm³/mol. The minimum Gasteiger partial charge on any atom is -0.756 e. The summed E-state index contributed by atoms with van der Waals surface area (Å²) in [6.07, 6.45) is 72.3. The first-order valence-electron chi connectivity index (χ1n) is 30.6. The molecule has 74 heavy (non-hydrogen) atoms. The van der Waals surface area contributed by atoms with Crippen LogP contribution in [0.4, 0.5) is 0 Å². The van der Waals surface area contributed by atoms with E-state index in [9.17, 15) is 19.0 Å². The number of carbonyl (C=O) groups excluding carboxylic acids is 2. The van der Waals surface area contributed by atoms with E-state index in [0.717, 1.165) is 70.6 Å². The fourth-order valence-electron chi connectivity index (χ4n) is 8.50. The Kier molecular flexibility index (Phi) is 53.3. The molecular formula is C64H116NO8P. The van der Waals surface area contributed by atoms with Crippen molar-refractivity contribution in [1.82, 2.24) is 0 Å². The van der Waals surface area contributed by atoms with Crippen LogP contribution in [0, 0.1) is 0 Å². The SMILES string of the molecule is CC/C=C\C/C=C\C/C=C\C/C=C\C/C=C\CCCCCCCCCCCCCCCC(=O)OC(COC(=O)CCCCCCCCCCC/C=C\CCCCCCCCCC)COP(=O)([O-])OCC[N+](C)(C)C. The number of unbranched alkanes of at least 4 members (excludes halogenated alkanes) is 30. The zero-order valence-corrected chi connectivity index (χ0v) is 49.7. The molecule has 0 radical (unpaired) electrons. The first-order valence-corrected chi connectivity index (χ1v) is 32.1. The lowest BCUT2D eigenvalue weighted by Gasteiger charge is -2.28. The van der Waals surface area contributed by atoms with Gasteiger partial charge < -0.3 is 27.9 Å². The molecule has 0 aliphatic rings. The van der Waals surface area contributed by atoms with Gasteiger partial charge in [0.15, 0.2) is 6.10 Å². The number of rotatable bonds is 56. The third-order valence-corrected chi connectivity index (χ3v) is 14.2. The number of hydrogen-bond donors (Lipinski definition) is 0. The summed E-state index contributed by atoms with van der Waals surface area (Å²) in [5.41, 5.74) is 0. The van der Waals surface area contributed by atoms with E-state index in [1.54, 1.807) is 0 Å². The molecule has 0 fully saturated rings. The number of quaternary nitrogens is 1. The molecule has 0 aromatic heterocycles. The summed E-state index contributed by atoms with van der Waals surface area (Å²) in [6.45, 7) is 4.15. The Labute approximate surface area is 457 Å². The lowest BCUT2D eigenvalue weighted by Crippen LogP contribution is -2.37. The van der Waals surface area contributed by atoms with Crippen molar-refractivity contribution in [3.05, 3.63) is 72.9 Å². The van der Waals surface area contributed by atoms with Gasteiger partial charge in [0.2, 0.25) is 0 Å². The van der Waals surface area contributed by atoms with E-state index in [0.29, 0.717) is 17.4 Å². The highest BCUT2D eigenvalue weighted by Crippen LogP contribution is 2.38. The minimum absolute atomic E-state index is 0.0328. The predicted octanol–water partition coefficient (Wildman–Crippen LogP) is 18.6. The topological polar surface area (TPSA) is 111 Å². The molecular weight excluding hydrogens is 942 g/mol. The van der Waals surface area contributed by atoms with Crippen LogP contribution in [0.2, 0.25) is 0 Å². The van der Waals surface area contributed by atoms with Crippen molar-refractivity contribution in [1.29, 1.82) is 0 Å². The van der Waals surface area contributed by atoms with Crippen molar-refractivity contribution < 1.29 is 42.1 Å². The van der Waals surface area contributed by atoms with Gasteiger partial charge in [0.05, 0.1) is 27.7 Å². The van der Waals surface area contributed by atoms with E-state index < -0.39 is 26.5 Å². The molecule has 0 heterocycles. The fourth-order valence-corrected chi connectivity index (χ4v) is 9.23. The second kappa shape index (κ2) is 55.2. The van der Waals surface area contributed by atoms with E-state index in [4.69, 9.17) is 18.5 Å². The number of ether oxygens (including phenoxy) is 2. The van der Waals surface area contributed by atoms with Gasteiger partial charge in [-0.25, -0.2) is 0 Å². The van der Waals surface area contributed by atoms with Crippen molar-refractivity contribution in [2.24, 2.45) is 0 Å². The summed E-state index contributed by atoms with van der Waals surface area (Å²) < 4.78 is 34.2. The lowest BCUT2D eigenvalue weighted by molar-refractivity contribution is -0.870. The van der Waals surface area contributed by atoms with Gasteiger partial charge in [-0.3, -0.25) is 14.2 Å². The maximum absolute atomic E-state index is 12.8. The van der Waals surface area contributed by atoms with Gasteiger partial charge in [-0.15, -0.1) is 0 Å². The van der Waals surface area contributed by atoms with Crippen LogP contribution in [0.25, 0.3) is 0 Å². The largest absolute Gasteiger partial charge is 0.756 e. The van der Waals surface area contributed by atoms with Gasteiger partial charge in [-0.1, -0.05) is 247 Å². The average molecular weight is 1060 g/mol. The number of esters is 2. The Balaban J connectivity index is 4.13. The van der Waals surface area contributed by atoms with Gasteiger partial charge in [0.25, 0.3) is 7.82 Å². The minimum atomic E-state index is -4.64. The molecule has 0 rings (SSSR count). The summed E-state index contributed by atoms with van der Waals surface area (Å²) in [5.74, 6) is -0.831. The summed E-state index contributed by atoms with van der Waals surface area (Å²) in [5, 5.41) is 0. The van der Waals surface area contributed by atoms with Crippen LogP contribution >= 0.6 is 7.82 Å². The summed E-state index contributed by atoms with van der Waals surface area (Å²) in [7, 11) is 1.17. The van der Waals surface area contributed by atoms with Crippen molar-refractivity contribution in [2.45, 2.75) is 277 Å². The van der Waals surface area contributed by atoms with Crippen LogP contribution in [0.15, 0.2) is 72.9 Å². The molecule has 0 bridgehead atoms. The fraction of sp³-hybridized carbons (Fsp3) is 0.781. The van der Waals surface area contributed by atoms with E-state index in [1.807, 2.05) is 21.1 Å². The molecule has 2 unspecified atom stereocenters. The lowest BCUT2D eigenvalue weighted by atomic mass is 10.0. The maximum atomic E-state index is 12.8. The smallest absolute Gasteiger partial charge is 0.306 e. The molecule has 0 aliphatic carbocycles. The van der Waals surface area contributed by atoms with Crippen LogP contribution < -0.4 is 4.89 Å². The number of phosphoric ester groups is 1. The standard InChI is InChI=1S/C64H116NO8P/c1-6-8-10-12-14-16-18-20-22-24-26-28-29-30-31-32-33-34-35-37-39-41-43-45-47-49-51-53-55-57-64(67)73-62(61-72-74(68,69)71-59-58-65(3,4)5)60-70-63(66)56-54-52-50-48-46-44-42-40-38-36-27-25-23-21-19-17-15-13-11-9-7-2/h8,10,14,16,20,22,25-28,30-31,62H,6-7,9,11-13,15,17-19,21,23-24,29,32-61H2,1-5H3/b10-8-,16-14-,22-20-,27-25-,28-26-,31-30-. The highest BCUT2D eigenvalue weighted by Gasteiger charge is 2.22. The third kappa shape index (κ3) is 58.7. The van der Waals surface area contributed by atoms with Crippen LogP contribution in [0.3, 0.4) is 0 Å². The van der Waals surface area contributed by atoms with Crippen LogP contribution in [0.1, 0.15) is 271 Å². The van der Waals surface area contributed by atoms with Gasteiger partial charge in [0, 0.05) is 12.8 Å². The Morgan fingerprint density at radius 2 is 0.770 bits per heavy atom. The molecule has 0 N–H and O–H groups in total. The van der Waals surface area contributed by atoms with E-state index >= 15 is 0 Å². The van der Waals surface area contributed by atoms with E-state index in [-0.39, 0.29) is 32.0 Å². The van der Waals surface area contributed by atoms with Crippen molar-refractivity contribution >= 4 is 19.8 Å². The van der Waals surface area contributed by atoms with Crippen molar-refractivity contribution in [3.63, 3.8) is 0 Å². The van der Waals surface area contributed by atoms with Gasteiger partial charge in [0.1, 0.15) is 19.8 Å². The zero-order valence-electron chi connectivity index (χ0n) is 48.8. The second-order valence-electron chi connectivity index (χ2n) is 21.7. The molecule has 10 heteroatoms. The Morgan fingerprint density at radius 3 is 1.16 bits per heavy atom. The van der Waals surface area contributed by atoms with Crippen LogP contribution in [-0.4, -0.2) is 70.0 Å². The number of likely N-dealkylation sites (N-methyl/N-ethyl adjacent to an activating group) is 1. The molecule has 0 saturated heterocycles. The Morgan fingerprint density at radius 1 is 0.432 bits per heavy atom. The van der Waals surface area contributed by atoms with E-state index in [2.05, 4.69) is 86.8 Å². The zero-order chi connectivity index (χ0) is 54.2. The molecule has 9 nitrogen and oxygen atoms in total. The molecule has 430 valence electrons. The average Bonchev–Trinajstić information content (AvgIpc) is 3.36. The summed E-state index contributed by atoms with van der Waals surface area (Å²) >= 11 is 0. The Hall–Kier alpha value is -2.55. The first kappa shape index (κ1) is 71.5. The molecule has 0 aliphatic heterocycles. The Bertz CT molecular complexity index is 1480. The second-order valence-corrected chi connectivity index (χ2v) is 23.1. The van der Waals surface area contributed by atoms with Crippen molar-refractivity contribution in [3.8, 4) is 0 Å². The monoisotopic (exact) mass is 1060 g/mol. The molecule has 0 aromatic rings. The van der Waals surface area contributed by atoms with Gasteiger partial charge in [-0.05, 0) is 83.5 Å². The molecule has 0 aromatic carbocycles. The number of nitrogens with zero attached hydrogens (tertiary/aromatic N) is 1. The number of carbonyl (C=O) groups is 2. The molecule has 0 spiro atoms. The molecule has 0 amide bonds. The normalized spacial score (nSPS) is 13.8. The molecule has 2 atom stereocenters. The van der Waals surface area contributed by atoms with Crippen LogP contribution in [0.5, 0.6) is 0 Å². The number of hydrogen-bond acceptors (Lipinski definition) is 8.